The fourth-order valence-corrected chi connectivity index (χ4v) is 4.69. The maximum atomic E-state index is 6.21. The highest BCUT2D eigenvalue weighted by Gasteiger charge is 2.53. The van der Waals surface area contributed by atoms with Crippen LogP contribution in [0.4, 0.5) is 0 Å². The molecule has 1 N–H and O–H groups in total. The van der Waals surface area contributed by atoms with E-state index in [2.05, 4.69) is 24.4 Å². The number of methoxy groups -OCH3 is 1. The van der Waals surface area contributed by atoms with E-state index in [1.165, 1.54) is 36.0 Å². The first-order chi connectivity index (χ1) is 9.74. The normalized spacial score (nSPS) is 35.1. The van der Waals surface area contributed by atoms with Crippen LogP contribution in [0.1, 0.15) is 36.0 Å². The molecule has 2 heterocycles. The molecular weight excluding hydrogens is 250 g/mol. The average Bonchev–Trinajstić information content (AvgIpc) is 2.48. The molecule has 2 fully saturated rings. The van der Waals surface area contributed by atoms with Gasteiger partial charge in [0.2, 0.25) is 0 Å². The Labute approximate surface area is 120 Å². The van der Waals surface area contributed by atoms with Crippen molar-refractivity contribution in [3.05, 3.63) is 28.8 Å². The summed E-state index contributed by atoms with van der Waals surface area (Å²) in [4.78, 5) is 0. The number of hydrogen-bond acceptors (Lipinski definition) is 3. The molecule has 3 aliphatic rings. The molecule has 0 aromatic heterocycles. The molecule has 20 heavy (non-hydrogen) atoms. The van der Waals surface area contributed by atoms with Crippen LogP contribution in [0, 0.1) is 6.92 Å². The first-order valence-electron chi connectivity index (χ1n) is 7.77. The third-order valence-corrected chi connectivity index (χ3v) is 5.59. The van der Waals surface area contributed by atoms with Gasteiger partial charge in [0.25, 0.3) is 0 Å². The Bertz CT molecular complexity index is 538. The quantitative estimate of drug-likeness (QED) is 0.852. The molecule has 1 aromatic rings. The van der Waals surface area contributed by atoms with E-state index in [0.29, 0.717) is 12.1 Å². The fraction of sp³-hybridized carbons (Fsp3) is 0.647. The Morgan fingerprint density at radius 3 is 3.10 bits per heavy atom. The summed E-state index contributed by atoms with van der Waals surface area (Å²) in [5, 5.41) is 3.68. The van der Waals surface area contributed by atoms with Gasteiger partial charge in [-0.15, -0.1) is 0 Å². The van der Waals surface area contributed by atoms with Crippen molar-refractivity contribution in [2.75, 3.05) is 20.3 Å². The minimum Gasteiger partial charge on any atom is -0.497 e. The Balaban J connectivity index is 1.92. The zero-order valence-electron chi connectivity index (χ0n) is 12.4. The number of ether oxygens (including phenoxy) is 2. The van der Waals surface area contributed by atoms with E-state index < -0.39 is 0 Å². The molecule has 4 rings (SSSR count). The zero-order chi connectivity index (χ0) is 13.7. The summed E-state index contributed by atoms with van der Waals surface area (Å²) >= 11 is 0. The van der Waals surface area contributed by atoms with Gasteiger partial charge >= 0.3 is 0 Å². The second kappa shape index (κ2) is 4.47. The number of rotatable bonds is 1. The Kier molecular flexibility index (Phi) is 2.83. The maximum Gasteiger partial charge on any atom is 0.119 e. The van der Waals surface area contributed by atoms with E-state index >= 15 is 0 Å². The van der Waals surface area contributed by atoms with Crippen LogP contribution in [0.15, 0.2) is 12.1 Å². The van der Waals surface area contributed by atoms with Crippen molar-refractivity contribution in [3.8, 4) is 5.75 Å². The third-order valence-electron chi connectivity index (χ3n) is 5.59. The fourth-order valence-electron chi connectivity index (χ4n) is 4.69. The van der Waals surface area contributed by atoms with Gasteiger partial charge in [-0.1, -0.05) is 0 Å². The second-order valence-corrected chi connectivity index (χ2v) is 6.54. The molecule has 0 amide bonds. The molecular formula is C17H23NO2. The molecule has 3 heteroatoms. The SMILES string of the molecule is COc1cc(C)c2c(c1)[C@@]13CCCO[C@H]1[C@@H](C2)NCC3. The standard InChI is InChI=1S/C17H23NO2/c1-11-8-12(19-2)9-14-13(11)10-15-16-17(14,5-6-18-15)4-3-7-20-16/h8-9,15-16,18H,3-7,10H2,1-2H3/t15-,16+,17+/m1/s1. The van der Waals surface area contributed by atoms with Gasteiger partial charge in [0, 0.05) is 18.1 Å². The molecule has 1 aromatic carbocycles. The van der Waals surface area contributed by atoms with E-state index in [0.717, 1.165) is 25.3 Å². The molecule has 0 radical (unpaired) electrons. The van der Waals surface area contributed by atoms with Crippen LogP contribution in [-0.2, 0) is 16.6 Å². The van der Waals surface area contributed by atoms with Crippen molar-refractivity contribution < 1.29 is 9.47 Å². The van der Waals surface area contributed by atoms with Gasteiger partial charge in [0.15, 0.2) is 0 Å². The summed E-state index contributed by atoms with van der Waals surface area (Å²) in [5.74, 6) is 0.997. The third kappa shape index (κ3) is 1.60. The van der Waals surface area contributed by atoms with E-state index in [9.17, 15) is 0 Å². The molecule has 108 valence electrons. The lowest BCUT2D eigenvalue weighted by Crippen LogP contribution is -2.64. The first-order valence-corrected chi connectivity index (χ1v) is 7.77. The van der Waals surface area contributed by atoms with Gasteiger partial charge in [-0.2, -0.15) is 0 Å². The van der Waals surface area contributed by atoms with Gasteiger partial charge in [-0.25, -0.2) is 0 Å². The summed E-state index contributed by atoms with van der Waals surface area (Å²) in [6, 6.07) is 4.95. The van der Waals surface area contributed by atoms with Gasteiger partial charge < -0.3 is 14.8 Å². The van der Waals surface area contributed by atoms with Crippen LogP contribution in [0.2, 0.25) is 0 Å². The van der Waals surface area contributed by atoms with Crippen molar-refractivity contribution in [1.29, 1.82) is 0 Å². The molecule has 0 unspecified atom stereocenters. The van der Waals surface area contributed by atoms with Gasteiger partial charge in [0.1, 0.15) is 5.75 Å². The smallest absolute Gasteiger partial charge is 0.119 e. The van der Waals surface area contributed by atoms with Gasteiger partial charge in [-0.3, -0.25) is 0 Å². The van der Waals surface area contributed by atoms with Crippen molar-refractivity contribution in [3.63, 3.8) is 0 Å². The number of nitrogens with one attached hydrogen (secondary N) is 1. The predicted octanol–water partition coefficient (Wildman–Crippen LogP) is 2.34. The summed E-state index contributed by atoms with van der Waals surface area (Å²) in [5.41, 5.74) is 4.64. The average molecular weight is 273 g/mol. The summed E-state index contributed by atoms with van der Waals surface area (Å²) in [7, 11) is 1.77. The van der Waals surface area contributed by atoms with Crippen LogP contribution < -0.4 is 10.1 Å². The molecule has 2 saturated heterocycles. The molecule has 2 aliphatic heterocycles. The lowest BCUT2D eigenvalue weighted by Gasteiger charge is -2.55. The maximum absolute atomic E-state index is 6.21. The summed E-state index contributed by atoms with van der Waals surface area (Å²) in [6.07, 6.45) is 5.07. The highest BCUT2D eigenvalue weighted by molar-refractivity contribution is 5.50. The molecule has 0 saturated carbocycles. The Hall–Kier alpha value is -1.06. The molecule has 3 nitrogen and oxygen atoms in total. The van der Waals surface area contributed by atoms with Crippen molar-refractivity contribution in [2.24, 2.45) is 0 Å². The Morgan fingerprint density at radius 1 is 1.35 bits per heavy atom. The molecule has 1 aliphatic carbocycles. The van der Waals surface area contributed by atoms with Crippen LogP contribution in [0.3, 0.4) is 0 Å². The topological polar surface area (TPSA) is 30.5 Å². The van der Waals surface area contributed by atoms with Crippen molar-refractivity contribution >= 4 is 0 Å². The molecule has 0 spiro atoms. The highest BCUT2D eigenvalue weighted by Crippen LogP contribution is 2.50. The van der Waals surface area contributed by atoms with E-state index in [-0.39, 0.29) is 5.41 Å². The van der Waals surface area contributed by atoms with E-state index in [1.807, 2.05) is 0 Å². The first kappa shape index (κ1) is 12.7. The van der Waals surface area contributed by atoms with Gasteiger partial charge in [0.05, 0.1) is 13.2 Å². The number of benzene rings is 1. The molecule has 3 atom stereocenters. The lowest BCUT2D eigenvalue weighted by atomic mass is 9.59. The minimum atomic E-state index is 0.223. The largest absolute Gasteiger partial charge is 0.497 e. The Morgan fingerprint density at radius 2 is 2.25 bits per heavy atom. The number of aryl methyl sites for hydroxylation is 1. The molecule has 2 bridgehead atoms. The number of fused-ring (bicyclic) bond motifs is 1. The number of hydrogen-bond donors (Lipinski definition) is 1. The van der Waals surface area contributed by atoms with Crippen molar-refractivity contribution in [2.45, 2.75) is 50.2 Å². The van der Waals surface area contributed by atoms with Crippen LogP contribution in [0.25, 0.3) is 0 Å². The number of piperidine rings is 1. The second-order valence-electron chi connectivity index (χ2n) is 6.54. The van der Waals surface area contributed by atoms with E-state index in [1.54, 1.807) is 7.11 Å². The summed E-state index contributed by atoms with van der Waals surface area (Å²) in [6.45, 7) is 4.25. The minimum absolute atomic E-state index is 0.223. The van der Waals surface area contributed by atoms with Gasteiger partial charge in [-0.05, 0) is 68.0 Å². The predicted molar refractivity (Wildman–Crippen MR) is 78.5 cm³/mol. The summed E-state index contributed by atoms with van der Waals surface area (Å²) < 4.78 is 11.7. The highest BCUT2D eigenvalue weighted by atomic mass is 16.5. The van der Waals surface area contributed by atoms with E-state index in [4.69, 9.17) is 9.47 Å². The van der Waals surface area contributed by atoms with Crippen molar-refractivity contribution in [1.82, 2.24) is 5.32 Å². The van der Waals surface area contributed by atoms with Crippen LogP contribution in [-0.4, -0.2) is 32.4 Å². The van der Waals surface area contributed by atoms with Crippen LogP contribution in [0.5, 0.6) is 5.75 Å². The van der Waals surface area contributed by atoms with Crippen LogP contribution >= 0.6 is 0 Å². The lowest BCUT2D eigenvalue weighted by molar-refractivity contribution is -0.0888. The zero-order valence-corrected chi connectivity index (χ0v) is 12.4. The monoisotopic (exact) mass is 273 g/mol.